The van der Waals surface area contributed by atoms with E-state index in [4.69, 9.17) is 18.9 Å². The first-order chi connectivity index (χ1) is 36.4. The third-order valence-electron chi connectivity index (χ3n) is 13.7. The molecule has 0 aliphatic rings. The van der Waals surface area contributed by atoms with Crippen LogP contribution in [0.15, 0.2) is 218 Å². The van der Waals surface area contributed by atoms with E-state index in [2.05, 4.69) is 145 Å². The molecule has 0 spiro atoms. The SMILES string of the molecule is COc1ccc(N(c2ccccc2)c2ccc(CCc3ccc(CCc4ccc(N(c5ccccc5)c5ccc(OC(=O)Oc6ccc(C(C)(C)c7ccc(OC(C)=O)c(C)c7)cc6C)cc5)cc4)cc3)cc2)cc1. The highest BCUT2D eigenvalue weighted by molar-refractivity contribution is 5.78. The van der Waals surface area contributed by atoms with Crippen molar-refractivity contribution >= 4 is 46.2 Å². The van der Waals surface area contributed by atoms with Crippen LogP contribution in [0.2, 0.25) is 0 Å². The molecule has 0 unspecified atom stereocenters. The summed E-state index contributed by atoms with van der Waals surface area (Å²) in [7, 11) is 1.69. The van der Waals surface area contributed by atoms with Crippen LogP contribution in [0, 0.1) is 13.8 Å². The number of ether oxygens (including phenoxy) is 4. The molecule has 0 N–H and O–H groups in total. The Bertz CT molecular complexity index is 3340. The van der Waals surface area contributed by atoms with Gasteiger partial charge in [-0.05, 0) is 193 Å². The summed E-state index contributed by atoms with van der Waals surface area (Å²) >= 11 is 0. The van der Waals surface area contributed by atoms with Crippen LogP contribution in [0.1, 0.15) is 65.3 Å². The van der Waals surface area contributed by atoms with Crippen molar-refractivity contribution in [2.45, 2.75) is 65.7 Å². The fraction of sp³-hybridized carbons (Fsp3) is 0.164. The molecule has 0 amide bonds. The second-order valence-electron chi connectivity index (χ2n) is 19.3. The first-order valence-corrected chi connectivity index (χ1v) is 25.4. The lowest BCUT2D eigenvalue weighted by Gasteiger charge is -2.27. The number of esters is 1. The Morgan fingerprint density at radius 3 is 1.09 bits per heavy atom. The molecule has 0 aliphatic carbocycles. The summed E-state index contributed by atoms with van der Waals surface area (Å²) in [6.45, 7) is 9.48. The molecule has 9 aromatic rings. The number of carbonyl (C=O) groups is 2. The Hall–Kier alpha value is -8.88. The lowest BCUT2D eigenvalue weighted by atomic mass is 9.77. The van der Waals surface area contributed by atoms with Gasteiger partial charge in [0, 0.05) is 46.5 Å². The van der Waals surface area contributed by atoms with Gasteiger partial charge in [-0.3, -0.25) is 4.79 Å². The van der Waals surface area contributed by atoms with E-state index in [0.717, 1.165) is 87.8 Å². The zero-order chi connectivity index (χ0) is 52.3. The van der Waals surface area contributed by atoms with Crippen LogP contribution in [-0.4, -0.2) is 19.2 Å². The molecule has 0 fully saturated rings. The van der Waals surface area contributed by atoms with Crippen molar-refractivity contribution in [3.05, 3.63) is 263 Å². The number of nitrogens with zero attached hydrogens (tertiary/aromatic N) is 2. The first-order valence-electron chi connectivity index (χ1n) is 25.4. The van der Waals surface area contributed by atoms with Crippen molar-refractivity contribution in [3.63, 3.8) is 0 Å². The lowest BCUT2D eigenvalue weighted by molar-refractivity contribution is -0.131. The van der Waals surface area contributed by atoms with Gasteiger partial charge in [-0.25, -0.2) is 4.79 Å². The molecule has 0 aliphatic heterocycles. The van der Waals surface area contributed by atoms with E-state index in [0.29, 0.717) is 17.2 Å². The first kappa shape index (κ1) is 51.0. The Morgan fingerprint density at radius 2 is 0.733 bits per heavy atom. The quantitative estimate of drug-likeness (QED) is 0.0478. The Morgan fingerprint density at radius 1 is 0.400 bits per heavy atom. The number of carbonyl (C=O) groups excluding carboxylic acids is 2. The third kappa shape index (κ3) is 12.7. The highest BCUT2D eigenvalue weighted by atomic mass is 16.7. The molecule has 0 bridgehead atoms. The molecule has 0 aromatic heterocycles. The molecule has 0 heterocycles. The van der Waals surface area contributed by atoms with Crippen molar-refractivity contribution in [1.82, 2.24) is 0 Å². The zero-order valence-corrected chi connectivity index (χ0v) is 43.5. The normalized spacial score (nSPS) is 11.1. The lowest BCUT2D eigenvalue weighted by Crippen LogP contribution is -2.20. The highest BCUT2D eigenvalue weighted by Crippen LogP contribution is 2.39. The van der Waals surface area contributed by atoms with E-state index in [1.54, 1.807) is 25.3 Å². The fourth-order valence-electron chi connectivity index (χ4n) is 9.35. The minimum atomic E-state index is -0.822. The average Bonchev–Trinajstić information content (AvgIpc) is 3.43. The second-order valence-corrected chi connectivity index (χ2v) is 19.3. The van der Waals surface area contributed by atoms with Gasteiger partial charge in [0.1, 0.15) is 23.0 Å². The Kier molecular flexibility index (Phi) is 15.9. The summed E-state index contributed by atoms with van der Waals surface area (Å²) in [6.07, 6.45) is 2.97. The molecule has 8 nitrogen and oxygen atoms in total. The van der Waals surface area contributed by atoms with Crippen LogP contribution in [0.3, 0.4) is 0 Å². The van der Waals surface area contributed by atoms with Gasteiger partial charge in [-0.15, -0.1) is 0 Å². The number of hydrogen-bond acceptors (Lipinski definition) is 8. The van der Waals surface area contributed by atoms with Crippen LogP contribution in [0.4, 0.5) is 38.9 Å². The maximum Gasteiger partial charge on any atom is 0.519 e. The molecular formula is C67H62N2O6. The largest absolute Gasteiger partial charge is 0.519 e. The van der Waals surface area contributed by atoms with Crippen molar-refractivity contribution in [3.8, 4) is 23.0 Å². The molecule has 0 atom stereocenters. The summed E-state index contributed by atoms with van der Waals surface area (Å²) in [6, 6.07) is 74.6. The number of methoxy groups -OCH3 is 1. The Labute approximate surface area is 441 Å². The molecule has 0 radical (unpaired) electrons. The third-order valence-corrected chi connectivity index (χ3v) is 13.7. The molecule has 9 aromatic carbocycles. The molecule has 0 saturated carbocycles. The van der Waals surface area contributed by atoms with Crippen LogP contribution < -0.4 is 28.7 Å². The Balaban J connectivity index is 0.785. The van der Waals surface area contributed by atoms with E-state index < -0.39 is 6.16 Å². The summed E-state index contributed by atoms with van der Waals surface area (Å²) in [5.41, 5.74) is 14.8. The average molecular weight is 991 g/mol. The fourth-order valence-corrected chi connectivity index (χ4v) is 9.35. The summed E-state index contributed by atoms with van der Waals surface area (Å²) in [5, 5.41) is 0. The molecule has 0 saturated heterocycles. The van der Waals surface area contributed by atoms with E-state index in [-0.39, 0.29) is 11.4 Å². The highest BCUT2D eigenvalue weighted by Gasteiger charge is 2.26. The predicted molar refractivity (Wildman–Crippen MR) is 303 cm³/mol. The summed E-state index contributed by atoms with van der Waals surface area (Å²) in [5.74, 6) is 1.81. The van der Waals surface area contributed by atoms with Gasteiger partial charge in [0.05, 0.1) is 7.11 Å². The molecule has 9 rings (SSSR count). The van der Waals surface area contributed by atoms with Crippen LogP contribution >= 0.6 is 0 Å². The van der Waals surface area contributed by atoms with E-state index in [1.807, 2.05) is 92.7 Å². The molecule has 376 valence electrons. The number of para-hydroxylation sites is 2. The standard InChI is InChI=1S/C67H62N2O6/c1-47-45-54(29-43-64(47)73-49(3)70)67(4,5)55-30-44-65(48(2)46-55)75-66(71)74-63-41-37-61(38-42-63)69(57-15-11-8-12-16-57)59-33-27-53(28-34-59)24-22-51-19-17-50(18-20-51)21-23-52-25-31-58(32-26-52)68(56-13-9-7-10-14-56)60-35-39-62(72-6)40-36-60/h7-20,25-46H,21-24H2,1-6H3. The van der Waals surface area contributed by atoms with E-state index in [9.17, 15) is 9.59 Å². The number of anilines is 6. The van der Waals surface area contributed by atoms with Crippen LogP contribution in [0.5, 0.6) is 23.0 Å². The number of hydrogen-bond donors (Lipinski definition) is 0. The van der Waals surface area contributed by atoms with Gasteiger partial charge in [0.2, 0.25) is 0 Å². The van der Waals surface area contributed by atoms with Crippen LogP contribution in [-0.2, 0) is 35.9 Å². The van der Waals surface area contributed by atoms with E-state index in [1.165, 1.54) is 29.2 Å². The molecule has 8 heteroatoms. The summed E-state index contributed by atoms with van der Waals surface area (Å²) < 4.78 is 22.1. The number of benzene rings is 9. The van der Waals surface area contributed by atoms with Crippen LogP contribution in [0.25, 0.3) is 0 Å². The minimum absolute atomic E-state index is 0.353. The monoisotopic (exact) mass is 990 g/mol. The predicted octanol–water partition coefficient (Wildman–Crippen LogP) is 16.7. The van der Waals surface area contributed by atoms with E-state index >= 15 is 0 Å². The van der Waals surface area contributed by atoms with Crippen molar-refractivity contribution in [1.29, 1.82) is 0 Å². The van der Waals surface area contributed by atoms with Gasteiger partial charge in [-0.1, -0.05) is 123 Å². The topological polar surface area (TPSA) is 77.5 Å². The van der Waals surface area contributed by atoms with Gasteiger partial charge in [-0.2, -0.15) is 0 Å². The van der Waals surface area contributed by atoms with Gasteiger partial charge in [0.15, 0.2) is 0 Å². The van der Waals surface area contributed by atoms with Crippen molar-refractivity contribution in [2.24, 2.45) is 0 Å². The molecule has 75 heavy (non-hydrogen) atoms. The molecular weight excluding hydrogens is 929 g/mol. The second kappa shape index (κ2) is 23.3. The minimum Gasteiger partial charge on any atom is -0.497 e. The smallest absolute Gasteiger partial charge is 0.497 e. The maximum absolute atomic E-state index is 13.1. The van der Waals surface area contributed by atoms with Gasteiger partial charge >= 0.3 is 12.1 Å². The van der Waals surface area contributed by atoms with Crippen molar-refractivity contribution < 1.29 is 28.5 Å². The van der Waals surface area contributed by atoms with Gasteiger partial charge < -0.3 is 28.7 Å². The summed E-state index contributed by atoms with van der Waals surface area (Å²) in [4.78, 5) is 29.1. The number of rotatable bonds is 18. The zero-order valence-electron chi connectivity index (χ0n) is 43.5. The number of aryl methyl sites for hydroxylation is 6. The van der Waals surface area contributed by atoms with Gasteiger partial charge in [0.25, 0.3) is 0 Å². The van der Waals surface area contributed by atoms with Crippen molar-refractivity contribution in [2.75, 3.05) is 16.9 Å². The maximum atomic E-state index is 13.1.